The summed E-state index contributed by atoms with van der Waals surface area (Å²) < 4.78 is 1.93. The third-order valence-electron chi connectivity index (χ3n) is 2.53. The van der Waals surface area contributed by atoms with Crippen LogP contribution in [0.1, 0.15) is 5.56 Å². The van der Waals surface area contributed by atoms with Crippen molar-refractivity contribution in [2.24, 2.45) is 10.9 Å². The number of nitrogens with zero attached hydrogens (tertiary/aromatic N) is 4. The fourth-order valence-electron chi connectivity index (χ4n) is 1.62. The zero-order valence-electron chi connectivity index (χ0n) is 10.1. The van der Waals surface area contributed by atoms with Crippen molar-refractivity contribution in [1.82, 2.24) is 15.2 Å². The van der Waals surface area contributed by atoms with Gasteiger partial charge in [0.05, 0.1) is 22.0 Å². The summed E-state index contributed by atoms with van der Waals surface area (Å²) in [4.78, 5) is 4.50. The Morgan fingerprint density at radius 2 is 2.15 bits per heavy atom. The van der Waals surface area contributed by atoms with E-state index in [1.165, 1.54) is 18.0 Å². The molecule has 0 aliphatic carbocycles. The SMILES string of the molecule is N/C(=N/O)c1ccnnc1Sc1nc2ccccc2s1. The number of para-hydroxylation sites is 1. The van der Waals surface area contributed by atoms with Gasteiger partial charge in [0.15, 0.2) is 10.2 Å². The van der Waals surface area contributed by atoms with Gasteiger partial charge >= 0.3 is 0 Å². The molecule has 3 N–H and O–H groups in total. The van der Waals surface area contributed by atoms with Crippen LogP contribution in [0.3, 0.4) is 0 Å². The van der Waals surface area contributed by atoms with Gasteiger partial charge in [0, 0.05) is 0 Å². The van der Waals surface area contributed by atoms with E-state index in [1.54, 1.807) is 17.4 Å². The number of amidine groups is 1. The Balaban J connectivity index is 1.99. The maximum absolute atomic E-state index is 8.79. The van der Waals surface area contributed by atoms with Crippen LogP contribution in [-0.2, 0) is 0 Å². The molecule has 2 aromatic heterocycles. The standard InChI is InChI=1S/C12H9N5OS2/c13-10(17-18)7-5-6-14-16-11(7)20-12-15-8-3-1-2-4-9(8)19-12/h1-6,18H,(H2,13,17). The Bertz CT molecular complexity index is 753. The molecule has 0 spiro atoms. The summed E-state index contributed by atoms with van der Waals surface area (Å²) in [7, 11) is 0. The minimum atomic E-state index is 0.00325. The van der Waals surface area contributed by atoms with E-state index < -0.39 is 0 Å². The van der Waals surface area contributed by atoms with E-state index in [0.717, 1.165) is 14.6 Å². The molecule has 0 amide bonds. The Labute approximate surface area is 122 Å². The van der Waals surface area contributed by atoms with E-state index in [1.807, 2.05) is 24.3 Å². The topological polar surface area (TPSA) is 97.3 Å². The summed E-state index contributed by atoms with van der Waals surface area (Å²) in [6, 6.07) is 9.53. The predicted molar refractivity (Wildman–Crippen MR) is 78.3 cm³/mol. The molecule has 0 aliphatic heterocycles. The van der Waals surface area contributed by atoms with Gasteiger partial charge in [-0.25, -0.2) is 4.98 Å². The smallest absolute Gasteiger partial charge is 0.172 e. The zero-order chi connectivity index (χ0) is 13.9. The van der Waals surface area contributed by atoms with E-state index in [0.29, 0.717) is 10.6 Å². The molecule has 100 valence electrons. The molecule has 6 nitrogen and oxygen atoms in total. The van der Waals surface area contributed by atoms with Gasteiger partial charge in [0.1, 0.15) is 5.03 Å². The highest BCUT2D eigenvalue weighted by Gasteiger charge is 2.13. The lowest BCUT2D eigenvalue weighted by molar-refractivity contribution is 0.318. The predicted octanol–water partition coefficient (Wildman–Crippen LogP) is 2.33. The highest BCUT2D eigenvalue weighted by Crippen LogP contribution is 2.34. The largest absolute Gasteiger partial charge is 0.409 e. The molecule has 0 saturated carbocycles. The van der Waals surface area contributed by atoms with Crippen LogP contribution in [0.5, 0.6) is 0 Å². The zero-order valence-corrected chi connectivity index (χ0v) is 11.7. The van der Waals surface area contributed by atoms with Gasteiger partial charge in [-0.2, -0.15) is 5.10 Å². The van der Waals surface area contributed by atoms with Gasteiger partial charge in [0.25, 0.3) is 0 Å². The van der Waals surface area contributed by atoms with Gasteiger partial charge in [-0.15, -0.1) is 16.4 Å². The molecule has 0 unspecified atom stereocenters. The van der Waals surface area contributed by atoms with Gasteiger partial charge in [0.2, 0.25) is 0 Å². The molecule has 2 heterocycles. The summed E-state index contributed by atoms with van der Waals surface area (Å²) in [6.07, 6.45) is 1.50. The molecular weight excluding hydrogens is 294 g/mol. The van der Waals surface area contributed by atoms with Crippen LogP contribution in [-0.4, -0.2) is 26.2 Å². The third kappa shape index (κ3) is 2.43. The molecule has 0 bridgehead atoms. The van der Waals surface area contributed by atoms with Crippen molar-refractivity contribution in [3.63, 3.8) is 0 Å². The summed E-state index contributed by atoms with van der Waals surface area (Å²) in [5.74, 6) is 0.00325. The maximum Gasteiger partial charge on any atom is 0.172 e. The number of fused-ring (bicyclic) bond motifs is 1. The number of hydrogen-bond donors (Lipinski definition) is 2. The van der Waals surface area contributed by atoms with Crippen molar-refractivity contribution in [2.45, 2.75) is 9.37 Å². The van der Waals surface area contributed by atoms with Crippen LogP contribution in [0.15, 0.2) is 51.1 Å². The van der Waals surface area contributed by atoms with E-state index in [9.17, 15) is 0 Å². The van der Waals surface area contributed by atoms with Crippen molar-refractivity contribution in [3.8, 4) is 0 Å². The van der Waals surface area contributed by atoms with Gasteiger partial charge in [-0.1, -0.05) is 17.3 Å². The summed E-state index contributed by atoms with van der Waals surface area (Å²) in [5, 5.41) is 20.2. The number of benzene rings is 1. The number of thiazole rings is 1. The van der Waals surface area contributed by atoms with E-state index >= 15 is 0 Å². The molecule has 0 saturated heterocycles. The molecule has 0 radical (unpaired) electrons. The van der Waals surface area contributed by atoms with Crippen molar-refractivity contribution in [3.05, 3.63) is 42.1 Å². The summed E-state index contributed by atoms with van der Waals surface area (Å²) in [5.41, 5.74) is 7.10. The molecule has 20 heavy (non-hydrogen) atoms. The summed E-state index contributed by atoms with van der Waals surface area (Å²) in [6.45, 7) is 0. The first-order valence-electron chi connectivity index (χ1n) is 5.61. The van der Waals surface area contributed by atoms with Crippen molar-refractivity contribution in [1.29, 1.82) is 0 Å². The van der Waals surface area contributed by atoms with Gasteiger partial charge in [-0.3, -0.25) is 0 Å². The summed E-state index contributed by atoms with van der Waals surface area (Å²) >= 11 is 2.91. The van der Waals surface area contributed by atoms with E-state index in [-0.39, 0.29) is 5.84 Å². The van der Waals surface area contributed by atoms with Crippen LogP contribution in [0, 0.1) is 0 Å². The average Bonchev–Trinajstić information content (AvgIpc) is 2.89. The molecule has 8 heteroatoms. The second-order valence-electron chi connectivity index (χ2n) is 3.78. The van der Waals surface area contributed by atoms with E-state index in [4.69, 9.17) is 10.9 Å². The Kier molecular flexibility index (Phi) is 3.48. The lowest BCUT2D eigenvalue weighted by atomic mass is 10.3. The fourth-order valence-corrected chi connectivity index (χ4v) is 3.67. The van der Waals surface area contributed by atoms with Crippen LogP contribution in [0.4, 0.5) is 0 Å². The van der Waals surface area contributed by atoms with E-state index in [2.05, 4.69) is 20.3 Å². The lowest BCUT2D eigenvalue weighted by Gasteiger charge is -2.02. The molecule has 1 aromatic carbocycles. The normalized spacial score (nSPS) is 11.9. The minimum Gasteiger partial charge on any atom is -0.409 e. The molecule has 0 atom stereocenters. The van der Waals surface area contributed by atoms with Crippen LogP contribution >= 0.6 is 23.1 Å². The first-order chi connectivity index (χ1) is 9.78. The number of rotatable bonds is 3. The second kappa shape index (κ2) is 5.43. The second-order valence-corrected chi connectivity index (χ2v) is 6.05. The number of nitrogens with two attached hydrogens (primary N) is 1. The fraction of sp³-hybridized carbons (Fsp3) is 0. The Morgan fingerprint density at radius 1 is 1.30 bits per heavy atom. The van der Waals surface area contributed by atoms with Crippen molar-refractivity contribution >= 4 is 39.2 Å². The number of oxime groups is 1. The van der Waals surface area contributed by atoms with Crippen LogP contribution in [0.2, 0.25) is 0 Å². The van der Waals surface area contributed by atoms with Crippen molar-refractivity contribution < 1.29 is 5.21 Å². The third-order valence-corrected chi connectivity index (χ3v) is 4.62. The van der Waals surface area contributed by atoms with Crippen molar-refractivity contribution in [2.75, 3.05) is 0 Å². The molecule has 0 fully saturated rings. The van der Waals surface area contributed by atoms with Gasteiger partial charge < -0.3 is 10.9 Å². The monoisotopic (exact) mass is 303 g/mol. The van der Waals surface area contributed by atoms with Crippen LogP contribution < -0.4 is 5.73 Å². The highest BCUT2D eigenvalue weighted by atomic mass is 32.2. The minimum absolute atomic E-state index is 0.00325. The Morgan fingerprint density at radius 3 is 2.95 bits per heavy atom. The van der Waals surface area contributed by atoms with Crippen LogP contribution in [0.25, 0.3) is 10.2 Å². The highest BCUT2D eigenvalue weighted by molar-refractivity contribution is 8.01. The molecule has 3 aromatic rings. The maximum atomic E-state index is 8.79. The number of hydrogen-bond acceptors (Lipinski definition) is 7. The molecule has 0 aliphatic rings. The van der Waals surface area contributed by atoms with Gasteiger partial charge in [-0.05, 0) is 30.0 Å². The molecular formula is C12H9N5OS2. The quantitative estimate of drug-likeness (QED) is 0.333. The Hall–Kier alpha value is -2.19. The first kappa shape index (κ1) is 12.8. The lowest BCUT2D eigenvalue weighted by Crippen LogP contribution is -2.15. The average molecular weight is 303 g/mol. The first-order valence-corrected chi connectivity index (χ1v) is 7.24. The molecule has 3 rings (SSSR count). The number of aromatic nitrogens is 3.